The van der Waals surface area contributed by atoms with Gasteiger partial charge < -0.3 is 5.32 Å². The second-order valence-corrected chi connectivity index (χ2v) is 9.70. The molecule has 1 saturated carbocycles. The van der Waals surface area contributed by atoms with Gasteiger partial charge in [0.05, 0.1) is 17.9 Å². The molecule has 3 rings (SSSR count). The highest BCUT2D eigenvalue weighted by Crippen LogP contribution is 2.59. The predicted octanol–water partition coefficient (Wildman–Crippen LogP) is 7.13. The van der Waals surface area contributed by atoms with Crippen LogP contribution < -0.4 is 5.32 Å². The number of allylic oxidation sites excluding steroid dienone is 2. The molecule has 2 aromatic rings. The Balaban J connectivity index is 1.85. The average Bonchev–Trinajstić information content (AvgIpc) is 3.20. The summed E-state index contributed by atoms with van der Waals surface area (Å²) in [4.78, 5) is 12.9. The fourth-order valence-corrected chi connectivity index (χ4v) is 4.50. The summed E-state index contributed by atoms with van der Waals surface area (Å²) in [6.45, 7) is 10.3. The van der Waals surface area contributed by atoms with Crippen LogP contribution in [0, 0.1) is 35.5 Å². The van der Waals surface area contributed by atoms with Crippen LogP contribution in [0.5, 0.6) is 0 Å². The molecule has 5 heteroatoms. The van der Waals surface area contributed by atoms with Gasteiger partial charge in [0, 0.05) is 15.7 Å². The molecule has 1 N–H and O–H groups in total. The Morgan fingerprint density at radius 2 is 1.83 bits per heavy atom. The SMILES string of the molecule is CC(C)=C[C@@H]1[C@H](C(=O)Nc2cc(Cl)c([C@@H](C#N)c3ccc(Cl)cc3)cc2C)C1(C)C. The number of hydrogen-bond acceptors (Lipinski definition) is 2. The molecule has 0 bridgehead atoms. The maximum atomic E-state index is 12.9. The number of nitrogens with one attached hydrogen (secondary N) is 1. The normalized spacial score (nSPS) is 20.1. The van der Waals surface area contributed by atoms with Crippen LogP contribution in [0.15, 0.2) is 48.0 Å². The first kappa shape index (κ1) is 22.4. The largest absolute Gasteiger partial charge is 0.326 e. The summed E-state index contributed by atoms with van der Waals surface area (Å²) in [6, 6.07) is 13.1. The third-order valence-electron chi connectivity index (χ3n) is 5.95. The summed E-state index contributed by atoms with van der Waals surface area (Å²) in [5, 5.41) is 13.9. The molecule has 2 aromatic carbocycles. The minimum Gasteiger partial charge on any atom is -0.326 e. The number of halogens is 2. The van der Waals surface area contributed by atoms with Gasteiger partial charge in [-0.1, -0.05) is 66.9 Å². The van der Waals surface area contributed by atoms with Crippen molar-refractivity contribution < 1.29 is 4.79 Å². The van der Waals surface area contributed by atoms with Gasteiger partial charge in [0.15, 0.2) is 0 Å². The van der Waals surface area contributed by atoms with Gasteiger partial charge in [-0.25, -0.2) is 0 Å². The molecule has 3 atom stereocenters. The van der Waals surface area contributed by atoms with Crippen LogP contribution in [0.2, 0.25) is 10.0 Å². The maximum Gasteiger partial charge on any atom is 0.228 e. The molecular weight excluding hydrogens is 415 g/mol. The summed E-state index contributed by atoms with van der Waals surface area (Å²) in [5.41, 5.74) is 4.25. The van der Waals surface area contributed by atoms with Gasteiger partial charge in [0.2, 0.25) is 5.91 Å². The van der Waals surface area contributed by atoms with Gasteiger partial charge in [-0.2, -0.15) is 5.26 Å². The molecule has 30 heavy (non-hydrogen) atoms. The molecule has 0 aliphatic heterocycles. The van der Waals surface area contributed by atoms with Gasteiger partial charge in [-0.3, -0.25) is 4.79 Å². The predicted molar refractivity (Wildman–Crippen MR) is 124 cm³/mol. The van der Waals surface area contributed by atoms with Gasteiger partial charge in [-0.05, 0) is 67.0 Å². The van der Waals surface area contributed by atoms with E-state index in [2.05, 4.69) is 45.2 Å². The van der Waals surface area contributed by atoms with Gasteiger partial charge >= 0.3 is 0 Å². The van der Waals surface area contributed by atoms with Crippen LogP contribution in [-0.2, 0) is 4.79 Å². The van der Waals surface area contributed by atoms with Crippen molar-refractivity contribution in [2.75, 3.05) is 5.32 Å². The van der Waals surface area contributed by atoms with E-state index in [-0.39, 0.29) is 23.2 Å². The summed E-state index contributed by atoms with van der Waals surface area (Å²) in [5.74, 6) is -0.330. The molecule has 0 unspecified atom stereocenters. The number of carbonyl (C=O) groups excluding carboxylic acids is 1. The van der Waals surface area contributed by atoms with Crippen LogP contribution in [0.3, 0.4) is 0 Å². The number of anilines is 1. The van der Waals surface area contributed by atoms with E-state index in [4.69, 9.17) is 23.2 Å². The number of aryl methyl sites for hydroxylation is 1. The zero-order valence-electron chi connectivity index (χ0n) is 17.9. The fraction of sp³-hybridized carbons (Fsp3) is 0.360. The first-order valence-corrected chi connectivity index (χ1v) is 10.7. The number of carbonyl (C=O) groups is 1. The van der Waals surface area contributed by atoms with Crippen LogP contribution in [0.4, 0.5) is 5.69 Å². The molecule has 0 saturated heterocycles. The quantitative estimate of drug-likeness (QED) is 0.502. The van der Waals surface area contributed by atoms with Crippen LogP contribution in [-0.4, -0.2) is 5.91 Å². The zero-order valence-corrected chi connectivity index (χ0v) is 19.4. The van der Waals surface area contributed by atoms with E-state index < -0.39 is 5.92 Å². The molecule has 1 fully saturated rings. The molecule has 1 aliphatic carbocycles. The number of rotatable bonds is 5. The Bertz CT molecular complexity index is 1040. The highest BCUT2D eigenvalue weighted by atomic mass is 35.5. The minimum absolute atomic E-state index is 0.00366. The standard InChI is InChI=1S/C25H26Cl2N2O/c1-14(2)10-20-23(25(20,4)5)24(30)29-22-12-21(27)18(11-15(22)3)19(13-28)16-6-8-17(26)9-7-16/h6-12,19-20,23H,1-5H3,(H,29,30)/t19-,20+,23+/m0/s1. The van der Waals surface area contributed by atoms with Gasteiger partial charge in [0.1, 0.15) is 0 Å². The molecule has 3 nitrogen and oxygen atoms in total. The Morgan fingerprint density at radius 1 is 1.20 bits per heavy atom. The third-order valence-corrected chi connectivity index (χ3v) is 6.53. The number of hydrogen-bond donors (Lipinski definition) is 1. The van der Waals surface area contributed by atoms with E-state index in [1.54, 1.807) is 18.2 Å². The first-order chi connectivity index (χ1) is 14.1. The van der Waals surface area contributed by atoms with Crippen LogP contribution in [0.1, 0.15) is 50.3 Å². The Labute approximate surface area is 188 Å². The van der Waals surface area contributed by atoms with Crippen molar-refractivity contribution in [1.82, 2.24) is 0 Å². The van der Waals surface area contributed by atoms with Crippen molar-refractivity contribution in [2.24, 2.45) is 17.3 Å². The van der Waals surface area contributed by atoms with Crippen molar-refractivity contribution in [2.45, 2.75) is 40.5 Å². The summed E-state index contributed by atoms with van der Waals surface area (Å²) >= 11 is 12.5. The lowest BCUT2D eigenvalue weighted by Crippen LogP contribution is -2.17. The second kappa shape index (κ2) is 8.46. The Hall–Kier alpha value is -2.28. The monoisotopic (exact) mass is 440 g/mol. The second-order valence-electron chi connectivity index (χ2n) is 8.86. The molecular formula is C25H26Cl2N2O. The Kier molecular flexibility index (Phi) is 6.32. The third kappa shape index (κ3) is 4.41. The number of nitriles is 1. The lowest BCUT2D eigenvalue weighted by molar-refractivity contribution is -0.118. The van der Waals surface area contributed by atoms with Crippen LogP contribution in [0.25, 0.3) is 0 Å². The molecule has 0 heterocycles. The summed E-state index contributed by atoms with van der Waals surface area (Å²) in [7, 11) is 0. The molecule has 0 spiro atoms. The van der Waals surface area contributed by atoms with Crippen molar-refractivity contribution in [3.8, 4) is 6.07 Å². The van der Waals surface area contributed by atoms with Crippen molar-refractivity contribution in [1.29, 1.82) is 5.26 Å². The smallest absolute Gasteiger partial charge is 0.228 e. The lowest BCUT2D eigenvalue weighted by atomic mass is 9.91. The molecule has 1 aliphatic rings. The van der Waals surface area contributed by atoms with E-state index in [1.807, 2.05) is 25.1 Å². The summed E-state index contributed by atoms with van der Waals surface area (Å²) in [6.07, 6.45) is 2.18. The molecule has 0 aromatic heterocycles. The van der Waals surface area contributed by atoms with E-state index >= 15 is 0 Å². The van der Waals surface area contributed by atoms with Crippen LogP contribution >= 0.6 is 23.2 Å². The number of benzene rings is 2. The van der Waals surface area contributed by atoms with E-state index in [9.17, 15) is 10.1 Å². The number of amides is 1. The van der Waals surface area contributed by atoms with Gasteiger partial charge in [0.25, 0.3) is 0 Å². The molecule has 156 valence electrons. The van der Waals surface area contributed by atoms with Crippen molar-refractivity contribution in [3.63, 3.8) is 0 Å². The van der Waals surface area contributed by atoms with E-state index in [0.717, 1.165) is 11.1 Å². The van der Waals surface area contributed by atoms with E-state index in [1.165, 1.54) is 5.57 Å². The highest BCUT2D eigenvalue weighted by Gasteiger charge is 2.60. The number of nitrogens with zero attached hydrogens (tertiary/aromatic N) is 1. The lowest BCUT2D eigenvalue weighted by Gasteiger charge is -2.16. The van der Waals surface area contributed by atoms with Crippen molar-refractivity contribution >= 4 is 34.8 Å². The average molecular weight is 441 g/mol. The zero-order chi connectivity index (χ0) is 22.2. The Morgan fingerprint density at radius 3 is 2.40 bits per heavy atom. The first-order valence-electron chi connectivity index (χ1n) is 9.97. The minimum atomic E-state index is -0.511. The van der Waals surface area contributed by atoms with Crippen molar-refractivity contribution in [3.05, 3.63) is 74.8 Å². The van der Waals surface area contributed by atoms with E-state index in [0.29, 0.717) is 21.3 Å². The maximum absolute atomic E-state index is 12.9. The topological polar surface area (TPSA) is 52.9 Å². The molecule has 1 amide bonds. The fourth-order valence-electron chi connectivity index (χ4n) is 4.10. The molecule has 0 radical (unpaired) electrons. The van der Waals surface area contributed by atoms with Gasteiger partial charge in [-0.15, -0.1) is 0 Å². The summed E-state index contributed by atoms with van der Waals surface area (Å²) < 4.78 is 0. The highest BCUT2D eigenvalue weighted by molar-refractivity contribution is 6.32.